The Bertz CT molecular complexity index is 126. The topological polar surface area (TPSA) is 26.0 Å². The molecule has 11 heavy (non-hydrogen) atoms. The van der Waals surface area contributed by atoms with Gasteiger partial charge in [0.25, 0.3) is 0 Å². The smallest absolute Gasteiger partial charge is 0.0247 e. The van der Waals surface area contributed by atoms with Crippen LogP contribution in [-0.2, 0) is 0 Å². The van der Waals surface area contributed by atoms with Crippen LogP contribution in [0.2, 0.25) is 0 Å². The second-order valence-electron chi connectivity index (χ2n) is 3.37. The van der Waals surface area contributed by atoms with Crippen molar-refractivity contribution >= 4 is 0 Å². The molecule has 0 radical (unpaired) electrons. The molecule has 0 heterocycles. The van der Waals surface area contributed by atoms with Gasteiger partial charge < -0.3 is 5.73 Å². The molecule has 1 heteroatoms. The average Bonchev–Trinajstić information content (AvgIpc) is 1.88. The van der Waals surface area contributed by atoms with Gasteiger partial charge in [0.2, 0.25) is 0 Å². The maximum absolute atomic E-state index is 6.12. The van der Waals surface area contributed by atoms with E-state index in [9.17, 15) is 0 Å². The molecule has 0 aliphatic rings. The van der Waals surface area contributed by atoms with Gasteiger partial charge in [0, 0.05) is 5.54 Å². The van der Waals surface area contributed by atoms with Gasteiger partial charge in [-0.3, -0.25) is 0 Å². The molecule has 0 amide bonds. The molecule has 2 N–H and O–H groups in total. The zero-order chi connectivity index (χ0) is 8.91. The maximum Gasteiger partial charge on any atom is 0.0247 e. The summed E-state index contributed by atoms with van der Waals surface area (Å²) in [6.07, 6.45) is 5.47. The van der Waals surface area contributed by atoms with Crippen LogP contribution in [0, 0.1) is 5.92 Å². The predicted molar refractivity (Wildman–Crippen MR) is 51.4 cm³/mol. The summed E-state index contributed by atoms with van der Waals surface area (Å²) < 4.78 is 0. The van der Waals surface area contributed by atoms with Crippen LogP contribution in [0.25, 0.3) is 0 Å². The maximum atomic E-state index is 6.12. The molecule has 0 aromatic rings. The van der Waals surface area contributed by atoms with Crippen LogP contribution < -0.4 is 5.73 Å². The first kappa shape index (κ1) is 10.4. The zero-order valence-electron chi connectivity index (χ0n) is 7.64. The van der Waals surface area contributed by atoms with E-state index in [4.69, 9.17) is 5.73 Å². The SMILES string of the molecule is C=CCC(N)(CC=C)C(C)C. The molecule has 0 atom stereocenters. The van der Waals surface area contributed by atoms with Crippen LogP contribution in [0.1, 0.15) is 26.7 Å². The van der Waals surface area contributed by atoms with Gasteiger partial charge in [-0.1, -0.05) is 26.0 Å². The summed E-state index contributed by atoms with van der Waals surface area (Å²) in [5.74, 6) is 0.471. The Morgan fingerprint density at radius 1 is 1.27 bits per heavy atom. The van der Waals surface area contributed by atoms with Gasteiger partial charge in [0.05, 0.1) is 0 Å². The lowest BCUT2D eigenvalue weighted by Gasteiger charge is -2.31. The summed E-state index contributed by atoms with van der Waals surface area (Å²) in [5, 5.41) is 0. The molecule has 0 aliphatic heterocycles. The predicted octanol–water partition coefficient (Wildman–Crippen LogP) is 2.49. The van der Waals surface area contributed by atoms with E-state index >= 15 is 0 Å². The third-order valence-corrected chi connectivity index (χ3v) is 2.20. The van der Waals surface area contributed by atoms with Crippen LogP contribution >= 0.6 is 0 Å². The minimum atomic E-state index is -0.135. The van der Waals surface area contributed by atoms with Crippen molar-refractivity contribution in [3.05, 3.63) is 25.3 Å². The lowest BCUT2D eigenvalue weighted by Crippen LogP contribution is -2.44. The Balaban J connectivity index is 4.23. The van der Waals surface area contributed by atoms with E-state index in [1.807, 2.05) is 12.2 Å². The van der Waals surface area contributed by atoms with E-state index in [-0.39, 0.29) is 5.54 Å². The third kappa shape index (κ3) is 2.89. The fourth-order valence-corrected chi connectivity index (χ4v) is 1.09. The number of rotatable bonds is 5. The van der Waals surface area contributed by atoms with Crippen LogP contribution in [0.3, 0.4) is 0 Å². The molecular formula is C10H19N. The Morgan fingerprint density at radius 2 is 1.64 bits per heavy atom. The summed E-state index contributed by atoms with van der Waals surface area (Å²) in [6, 6.07) is 0. The normalized spacial score (nSPS) is 11.6. The van der Waals surface area contributed by atoms with Gasteiger partial charge in [0.15, 0.2) is 0 Å². The quantitative estimate of drug-likeness (QED) is 0.603. The molecule has 0 aliphatic carbocycles. The van der Waals surface area contributed by atoms with E-state index in [0.29, 0.717) is 5.92 Å². The van der Waals surface area contributed by atoms with Crippen LogP contribution in [0.15, 0.2) is 25.3 Å². The van der Waals surface area contributed by atoms with E-state index < -0.39 is 0 Å². The first-order valence-electron chi connectivity index (χ1n) is 4.07. The van der Waals surface area contributed by atoms with Crippen molar-refractivity contribution in [3.63, 3.8) is 0 Å². The molecular weight excluding hydrogens is 134 g/mol. The molecule has 0 saturated carbocycles. The highest BCUT2D eigenvalue weighted by molar-refractivity contribution is 4.97. The highest BCUT2D eigenvalue weighted by atomic mass is 14.7. The summed E-state index contributed by atoms with van der Waals surface area (Å²) in [6.45, 7) is 11.7. The summed E-state index contributed by atoms with van der Waals surface area (Å²) in [5.41, 5.74) is 5.98. The Morgan fingerprint density at radius 3 is 1.82 bits per heavy atom. The number of hydrogen-bond donors (Lipinski definition) is 1. The van der Waals surface area contributed by atoms with Crippen molar-refractivity contribution in [1.82, 2.24) is 0 Å². The minimum Gasteiger partial charge on any atom is -0.324 e. The van der Waals surface area contributed by atoms with Crippen LogP contribution in [0.5, 0.6) is 0 Å². The standard InChI is InChI=1S/C10H19N/c1-5-7-10(11,8-6-2)9(3)4/h5-6,9H,1-2,7-8,11H2,3-4H3. The van der Waals surface area contributed by atoms with Crippen molar-refractivity contribution in [3.8, 4) is 0 Å². The van der Waals surface area contributed by atoms with E-state index in [1.54, 1.807) is 0 Å². The second kappa shape index (κ2) is 4.35. The molecule has 0 unspecified atom stereocenters. The van der Waals surface area contributed by atoms with Gasteiger partial charge in [0.1, 0.15) is 0 Å². The van der Waals surface area contributed by atoms with Crippen molar-refractivity contribution < 1.29 is 0 Å². The first-order valence-corrected chi connectivity index (χ1v) is 4.07. The Kier molecular flexibility index (Phi) is 4.12. The Labute approximate surface area is 70.0 Å². The molecule has 1 nitrogen and oxygen atoms in total. The summed E-state index contributed by atoms with van der Waals surface area (Å²) >= 11 is 0. The molecule has 0 bridgehead atoms. The molecule has 0 saturated heterocycles. The molecule has 0 fully saturated rings. The van der Waals surface area contributed by atoms with Crippen molar-refractivity contribution in [2.45, 2.75) is 32.2 Å². The molecule has 0 rings (SSSR count). The fourth-order valence-electron chi connectivity index (χ4n) is 1.09. The van der Waals surface area contributed by atoms with E-state index in [1.165, 1.54) is 0 Å². The van der Waals surface area contributed by atoms with Gasteiger partial charge in [-0.25, -0.2) is 0 Å². The first-order chi connectivity index (χ1) is 5.06. The van der Waals surface area contributed by atoms with Crippen LogP contribution in [-0.4, -0.2) is 5.54 Å². The monoisotopic (exact) mass is 153 g/mol. The van der Waals surface area contributed by atoms with Crippen molar-refractivity contribution in [1.29, 1.82) is 0 Å². The van der Waals surface area contributed by atoms with Gasteiger partial charge >= 0.3 is 0 Å². The van der Waals surface area contributed by atoms with E-state index in [0.717, 1.165) is 12.8 Å². The largest absolute Gasteiger partial charge is 0.324 e. The van der Waals surface area contributed by atoms with Crippen molar-refractivity contribution in [2.75, 3.05) is 0 Å². The highest BCUT2D eigenvalue weighted by Crippen LogP contribution is 2.22. The summed E-state index contributed by atoms with van der Waals surface area (Å²) in [7, 11) is 0. The molecule has 0 aromatic carbocycles. The van der Waals surface area contributed by atoms with E-state index in [2.05, 4.69) is 27.0 Å². The number of hydrogen-bond acceptors (Lipinski definition) is 1. The number of nitrogens with two attached hydrogens (primary N) is 1. The minimum absolute atomic E-state index is 0.135. The molecule has 64 valence electrons. The van der Waals surface area contributed by atoms with Gasteiger partial charge in [-0.15, -0.1) is 13.2 Å². The molecule has 0 spiro atoms. The second-order valence-corrected chi connectivity index (χ2v) is 3.37. The fraction of sp³-hybridized carbons (Fsp3) is 0.600. The van der Waals surface area contributed by atoms with Crippen molar-refractivity contribution in [2.24, 2.45) is 11.7 Å². The summed E-state index contributed by atoms with van der Waals surface area (Å²) in [4.78, 5) is 0. The Hall–Kier alpha value is -0.560. The lowest BCUT2D eigenvalue weighted by atomic mass is 9.81. The molecule has 0 aromatic heterocycles. The third-order valence-electron chi connectivity index (χ3n) is 2.20. The van der Waals surface area contributed by atoms with Crippen LogP contribution in [0.4, 0.5) is 0 Å². The average molecular weight is 153 g/mol. The zero-order valence-corrected chi connectivity index (χ0v) is 7.64. The van der Waals surface area contributed by atoms with Gasteiger partial charge in [-0.2, -0.15) is 0 Å². The lowest BCUT2D eigenvalue weighted by molar-refractivity contribution is 0.315. The van der Waals surface area contributed by atoms with Gasteiger partial charge in [-0.05, 0) is 18.8 Å². The highest BCUT2D eigenvalue weighted by Gasteiger charge is 2.25.